The van der Waals surface area contributed by atoms with E-state index < -0.39 is 0 Å². The molecule has 1 aliphatic rings. The first-order chi connectivity index (χ1) is 9.56. The Labute approximate surface area is 119 Å². The maximum Gasteiger partial charge on any atom is 0.125 e. The number of nitrogens with zero attached hydrogens (tertiary/aromatic N) is 2. The summed E-state index contributed by atoms with van der Waals surface area (Å²) in [6, 6.07) is 8.82. The lowest BCUT2D eigenvalue weighted by Crippen LogP contribution is -2.44. The molecule has 1 aromatic heterocycles. The monoisotopic (exact) mass is 271 g/mol. The quantitative estimate of drug-likeness (QED) is 0.929. The summed E-state index contributed by atoms with van der Waals surface area (Å²) in [7, 11) is 0. The zero-order valence-electron chi connectivity index (χ0n) is 12.2. The summed E-state index contributed by atoms with van der Waals surface area (Å²) < 4.78 is 8.15. The summed E-state index contributed by atoms with van der Waals surface area (Å²) in [6.45, 7) is 7.36. The van der Waals surface area contributed by atoms with E-state index in [1.807, 2.05) is 30.9 Å². The van der Waals surface area contributed by atoms with Crippen LogP contribution in [-0.4, -0.2) is 21.2 Å². The van der Waals surface area contributed by atoms with Crippen LogP contribution in [0.4, 0.5) is 0 Å². The van der Waals surface area contributed by atoms with Crippen molar-refractivity contribution in [2.75, 3.05) is 0 Å². The smallest absolute Gasteiger partial charge is 0.125 e. The summed E-state index contributed by atoms with van der Waals surface area (Å²) in [5.41, 5.74) is 1.02. The first-order valence-electron chi connectivity index (χ1n) is 7.06. The van der Waals surface area contributed by atoms with Crippen LogP contribution in [0.15, 0.2) is 43.0 Å². The van der Waals surface area contributed by atoms with Crippen molar-refractivity contribution in [1.29, 1.82) is 0 Å². The third-order valence-electron chi connectivity index (χ3n) is 3.79. The molecule has 0 fully saturated rings. The molecule has 4 nitrogen and oxygen atoms in total. The molecule has 1 N–H and O–H groups in total. The molecule has 1 aromatic carbocycles. The van der Waals surface area contributed by atoms with Gasteiger partial charge in [0.2, 0.25) is 0 Å². The van der Waals surface area contributed by atoms with Crippen LogP contribution in [0, 0.1) is 0 Å². The van der Waals surface area contributed by atoms with Gasteiger partial charge in [-0.3, -0.25) is 0 Å². The summed E-state index contributed by atoms with van der Waals surface area (Å²) in [6.07, 6.45) is 5.65. The first-order valence-corrected chi connectivity index (χ1v) is 7.06. The van der Waals surface area contributed by atoms with Crippen molar-refractivity contribution < 1.29 is 4.74 Å². The summed E-state index contributed by atoms with van der Waals surface area (Å²) in [5.74, 6) is 0.991. The number of nitrogens with one attached hydrogen (secondary N) is 1. The minimum Gasteiger partial charge on any atom is -0.486 e. The molecule has 20 heavy (non-hydrogen) atoms. The van der Waals surface area contributed by atoms with Gasteiger partial charge in [0, 0.05) is 30.5 Å². The summed E-state index contributed by atoms with van der Waals surface area (Å²) in [5, 5.41) is 3.69. The Morgan fingerprint density at radius 1 is 1.40 bits per heavy atom. The number of benzene rings is 1. The van der Waals surface area contributed by atoms with Crippen molar-refractivity contribution in [2.24, 2.45) is 0 Å². The van der Waals surface area contributed by atoms with E-state index in [1.54, 1.807) is 0 Å². The molecular formula is C16H21N3O. The number of hydrogen-bond acceptors (Lipinski definition) is 3. The lowest BCUT2D eigenvalue weighted by molar-refractivity contribution is 0.0907. The van der Waals surface area contributed by atoms with Crippen LogP contribution in [0.25, 0.3) is 0 Å². The van der Waals surface area contributed by atoms with Gasteiger partial charge in [-0.25, -0.2) is 4.98 Å². The average Bonchev–Trinajstić information content (AvgIpc) is 2.97. The van der Waals surface area contributed by atoms with Crippen LogP contribution in [0.2, 0.25) is 0 Å². The van der Waals surface area contributed by atoms with Gasteiger partial charge in [-0.2, -0.15) is 0 Å². The van der Waals surface area contributed by atoms with E-state index in [-0.39, 0.29) is 11.6 Å². The fraction of sp³-hybridized carbons (Fsp3) is 0.438. The molecule has 0 saturated heterocycles. The van der Waals surface area contributed by atoms with E-state index in [0.717, 1.165) is 12.3 Å². The molecule has 4 heteroatoms. The lowest BCUT2D eigenvalue weighted by atomic mass is 9.94. The maximum absolute atomic E-state index is 6.06. The Morgan fingerprint density at radius 2 is 2.20 bits per heavy atom. The van der Waals surface area contributed by atoms with Gasteiger partial charge in [0.25, 0.3) is 0 Å². The fourth-order valence-electron chi connectivity index (χ4n) is 2.87. The second kappa shape index (κ2) is 4.94. The van der Waals surface area contributed by atoms with Crippen molar-refractivity contribution in [3.05, 3.63) is 48.5 Å². The maximum atomic E-state index is 6.06. The standard InChI is InChI=1S/C16H21N3O/c1-12(10-19-9-8-17-11-19)18-15-13-6-4-5-7-14(13)20-16(15,2)3/h4-9,11-12,15,18H,10H2,1-3H3. The molecule has 2 heterocycles. The van der Waals surface area contributed by atoms with Crippen molar-refractivity contribution in [2.45, 2.75) is 45.0 Å². The van der Waals surface area contributed by atoms with Crippen LogP contribution in [0.3, 0.4) is 0 Å². The van der Waals surface area contributed by atoms with Gasteiger partial charge >= 0.3 is 0 Å². The number of fused-ring (bicyclic) bond motifs is 1. The number of aromatic nitrogens is 2. The molecule has 2 unspecified atom stereocenters. The third kappa shape index (κ3) is 2.43. The highest BCUT2D eigenvalue weighted by Gasteiger charge is 2.41. The fourth-order valence-corrected chi connectivity index (χ4v) is 2.87. The Hall–Kier alpha value is -1.81. The average molecular weight is 271 g/mol. The molecule has 106 valence electrons. The highest BCUT2D eigenvalue weighted by Crippen LogP contribution is 2.42. The van der Waals surface area contributed by atoms with Gasteiger partial charge in [0.1, 0.15) is 11.4 Å². The first kappa shape index (κ1) is 13.2. The lowest BCUT2D eigenvalue weighted by Gasteiger charge is -2.30. The number of rotatable bonds is 4. The Balaban J connectivity index is 1.75. The molecule has 2 aromatic rings. The molecule has 0 spiro atoms. The minimum atomic E-state index is -0.229. The van der Waals surface area contributed by atoms with Gasteiger partial charge in [-0.1, -0.05) is 18.2 Å². The molecule has 0 bridgehead atoms. The second-order valence-electron chi connectivity index (χ2n) is 6.00. The topological polar surface area (TPSA) is 39.1 Å². The van der Waals surface area contributed by atoms with E-state index in [4.69, 9.17) is 4.74 Å². The molecule has 1 aliphatic heterocycles. The highest BCUT2D eigenvalue weighted by molar-refractivity contribution is 5.42. The van der Waals surface area contributed by atoms with Gasteiger partial charge in [0.15, 0.2) is 0 Å². The SMILES string of the molecule is CC(Cn1ccnc1)NC1c2ccccc2OC1(C)C. The second-order valence-corrected chi connectivity index (χ2v) is 6.00. The van der Waals surface area contributed by atoms with E-state index >= 15 is 0 Å². The van der Waals surface area contributed by atoms with Gasteiger partial charge in [-0.15, -0.1) is 0 Å². The summed E-state index contributed by atoms with van der Waals surface area (Å²) >= 11 is 0. The zero-order valence-corrected chi connectivity index (χ0v) is 12.2. The molecular weight excluding hydrogens is 250 g/mol. The predicted molar refractivity (Wildman–Crippen MR) is 78.7 cm³/mol. The molecule has 2 atom stereocenters. The van der Waals surface area contributed by atoms with Crippen LogP contribution >= 0.6 is 0 Å². The molecule has 0 saturated carbocycles. The molecule has 0 aliphatic carbocycles. The number of imidazole rings is 1. The Morgan fingerprint density at radius 3 is 2.95 bits per heavy atom. The van der Waals surface area contributed by atoms with Crippen LogP contribution in [-0.2, 0) is 6.54 Å². The molecule has 0 amide bonds. The van der Waals surface area contributed by atoms with Crippen molar-refractivity contribution in [1.82, 2.24) is 14.9 Å². The molecule has 0 radical (unpaired) electrons. The van der Waals surface area contributed by atoms with E-state index in [0.29, 0.717) is 6.04 Å². The zero-order chi connectivity index (χ0) is 14.2. The van der Waals surface area contributed by atoms with Crippen molar-refractivity contribution >= 4 is 0 Å². The van der Waals surface area contributed by atoms with E-state index in [1.165, 1.54) is 5.56 Å². The van der Waals surface area contributed by atoms with Gasteiger partial charge in [0.05, 0.1) is 12.4 Å². The van der Waals surface area contributed by atoms with E-state index in [9.17, 15) is 0 Å². The van der Waals surface area contributed by atoms with Crippen LogP contribution in [0.1, 0.15) is 32.4 Å². The van der Waals surface area contributed by atoms with Crippen molar-refractivity contribution in [3.63, 3.8) is 0 Å². The normalized spacial score (nSPS) is 21.2. The van der Waals surface area contributed by atoms with Gasteiger partial charge < -0.3 is 14.6 Å². The number of hydrogen-bond donors (Lipinski definition) is 1. The largest absolute Gasteiger partial charge is 0.486 e. The third-order valence-corrected chi connectivity index (χ3v) is 3.79. The summed E-state index contributed by atoms with van der Waals surface area (Å²) in [4.78, 5) is 4.08. The van der Waals surface area contributed by atoms with Crippen LogP contribution < -0.4 is 10.1 Å². The Kier molecular flexibility index (Phi) is 3.26. The van der Waals surface area contributed by atoms with Crippen LogP contribution in [0.5, 0.6) is 5.75 Å². The van der Waals surface area contributed by atoms with Crippen molar-refractivity contribution in [3.8, 4) is 5.75 Å². The number of para-hydroxylation sites is 1. The van der Waals surface area contributed by atoms with Gasteiger partial charge in [-0.05, 0) is 26.8 Å². The number of ether oxygens (including phenoxy) is 1. The van der Waals surface area contributed by atoms with E-state index in [2.05, 4.69) is 47.8 Å². The predicted octanol–water partition coefficient (Wildman–Crippen LogP) is 2.77. The minimum absolute atomic E-state index is 0.206. The Bertz CT molecular complexity index is 577. The molecule has 3 rings (SSSR count). The highest BCUT2D eigenvalue weighted by atomic mass is 16.5.